The summed E-state index contributed by atoms with van der Waals surface area (Å²) in [5.41, 5.74) is 1.93. The van der Waals surface area contributed by atoms with Gasteiger partial charge in [0.2, 0.25) is 5.92 Å². The van der Waals surface area contributed by atoms with Crippen LogP contribution in [-0.2, 0) is 16.0 Å². The molecule has 0 saturated carbocycles. The number of benzene rings is 2. The molecular weight excluding hydrogens is 508 g/mol. The molecule has 216 valence electrons. The van der Waals surface area contributed by atoms with Crippen molar-refractivity contribution in [1.82, 2.24) is 4.90 Å². The highest BCUT2D eigenvalue weighted by Crippen LogP contribution is 2.21. The lowest BCUT2D eigenvalue weighted by Crippen LogP contribution is -2.37. The maximum absolute atomic E-state index is 13.1. The van der Waals surface area contributed by atoms with Crippen molar-refractivity contribution in [2.45, 2.75) is 77.7 Å². The van der Waals surface area contributed by atoms with Gasteiger partial charge in [0.05, 0.1) is 6.54 Å². The first-order valence-corrected chi connectivity index (χ1v) is 13.5. The van der Waals surface area contributed by atoms with Crippen LogP contribution in [0.2, 0.25) is 0 Å². The van der Waals surface area contributed by atoms with Crippen LogP contribution in [0.5, 0.6) is 11.5 Å². The van der Waals surface area contributed by atoms with Gasteiger partial charge in [-0.05, 0) is 68.0 Å². The van der Waals surface area contributed by atoms with Crippen LogP contribution in [0.15, 0.2) is 48.5 Å². The minimum Gasteiger partial charge on any atom is -0.492 e. The molecule has 39 heavy (non-hydrogen) atoms. The quantitative estimate of drug-likeness (QED) is 0.215. The van der Waals surface area contributed by atoms with Crippen molar-refractivity contribution < 1.29 is 37.7 Å². The monoisotopic (exact) mass is 549 g/mol. The van der Waals surface area contributed by atoms with Gasteiger partial charge < -0.3 is 24.2 Å². The number of carbonyl (C=O) groups excluding carboxylic acids is 1. The maximum atomic E-state index is 13.1. The number of halogens is 2. The number of carbonyl (C=O) groups is 2. The Hall–Kier alpha value is -3.20. The molecule has 0 saturated heterocycles. The molecule has 1 atom stereocenters. The second kappa shape index (κ2) is 16.0. The molecule has 2 rings (SSSR count). The second-order valence-electron chi connectivity index (χ2n) is 9.94. The highest BCUT2D eigenvalue weighted by Gasteiger charge is 2.21. The van der Waals surface area contributed by atoms with Crippen molar-refractivity contribution in [1.29, 1.82) is 0 Å². The number of unbranched alkanes of at least 4 members (excludes halogenated alkanes) is 2. The standard InChI is InChI=1S/C30H41F2NO6/c1-5-37-27(28(34)35)21-23-9-13-25(14-10-23)38-20-19-33(18-8-6-7-17-30(4,31)32)29(36)39-26-15-11-24(12-16-26)22(2)3/h9-16,22,27H,5-8,17-21H2,1-4H3,(H,34,35). The van der Waals surface area contributed by atoms with Gasteiger partial charge in [0, 0.05) is 26.0 Å². The largest absolute Gasteiger partial charge is 0.492 e. The van der Waals surface area contributed by atoms with Gasteiger partial charge in [-0.1, -0.05) is 44.5 Å². The van der Waals surface area contributed by atoms with Crippen LogP contribution in [0.25, 0.3) is 0 Å². The Kier molecular flexibility index (Phi) is 13.2. The molecular formula is C30H41F2NO6. The fourth-order valence-corrected chi connectivity index (χ4v) is 3.92. The van der Waals surface area contributed by atoms with E-state index in [4.69, 9.17) is 14.2 Å². The van der Waals surface area contributed by atoms with E-state index in [0.29, 0.717) is 49.8 Å². The molecule has 0 aromatic heterocycles. The van der Waals surface area contributed by atoms with Gasteiger partial charge in [0.1, 0.15) is 18.1 Å². The predicted octanol–water partition coefficient (Wildman–Crippen LogP) is 6.94. The molecule has 0 heterocycles. The summed E-state index contributed by atoms with van der Waals surface area (Å²) in [6.45, 7) is 7.94. The van der Waals surface area contributed by atoms with Crippen molar-refractivity contribution in [3.63, 3.8) is 0 Å². The van der Waals surface area contributed by atoms with Crippen molar-refractivity contribution in [3.8, 4) is 11.5 Å². The number of alkyl halides is 2. The lowest BCUT2D eigenvalue weighted by Gasteiger charge is -2.22. The zero-order chi connectivity index (χ0) is 28.8. The molecule has 0 fully saturated rings. The van der Waals surface area contributed by atoms with Gasteiger partial charge in [-0.3, -0.25) is 0 Å². The fraction of sp³-hybridized carbons (Fsp3) is 0.533. The van der Waals surface area contributed by atoms with Gasteiger partial charge in [-0.15, -0.1) is 0 Å². The van der Waals surface area contributed by atoms with Gasteiger partial charge >= 0.3 is 12.1 Å². The summed E-state index contributed by atoms with van der Waals surface area (Å²) in [7, 11) is 0. The Labute approximate surface area is 230 Å². The molecule has 0 radical (unpaired) electrons. The Morgan fingerprint density at radius 2 is 1.59 bits per heavy atom. The smallest absolute Gasteiger partial charge is 0.415 e. The maximum Gasteiger partial charge on any atom is 0.415 e. The minimum atomic E-state index is -2.69. The van der Waals surface area contributed by atoms with Crippen LogP contribution in [-0.4, -0.2) is 60.4 Å². The third-order valence-electron chi connectivity index (χ3n) is 6.17. The van der Waals surface area contributed by atoms with E-state index < -0.39 is 24.1 Å². The van der Waals surface area contributed by atoms with Crippen LogP contribution < -0.4 is 9.47 Å². The zero-order valence-corrected chi connectivity index (χ0v) is 23.3. The third-order valence-corrected chi connectivity index (χ3v) is 6.17. The van der Waals surface area contributed by atoms with Gasteiger partial charge in [-0.2, -0.15) is 0 Å². The van der Waals surface area contributed by atoms with E-state index >= 15 is 0 Å². The van der Waals surface area contributed by atoms with Crippen molar-refractivity contribution in [2.75, 3.05) is 26.3 Å². The summed E-state index contributed by atoms with van der Waals surface area (Å²) in [5, 5.41) is 9.26. The summed E-state index contributed by atoms with van der Waals surface area (Å²) < 4.78 is 42.9. The fourth-order valence-electron chi connectivity index (χ4n) is 3.92. The summed E-state index contributed by atoms with van der Waals surface area (Å²) in [6, 6.07) is 14.4. The van der Waals surface area contributed by atoms with Gasteiger partial charge in [0.25, 0.3) is 0 Å². The molecule has 1 amide bonds. The average molecular weight is 550 g/mol. The SMILES string of the molecule is CCOC(Cc1ccc(OCCN(CCCCCC(C)(F)F)C(=O)Oc2ccc(C(C)C)cc2)cc1)C(=O)O. The highest BCUT2D eigenvalue weighted by molar-refractivity contribution is 5.72. The van der Waals surface area contributed by atoms with E-state index in [1.165, 1.54) is 4.90 Å². The van der Waals surface area contributed by atoms with Crippen molar-refractivity contribution >= 4 is 12.1 Å². The number of hydrogen-bond acceptors (Lipinski definition) is 5. The number of nitrogens with zero attached hydrogens (tertiary/aromatic N) is 1. The molecule has 1 unspecified atom stereocenters. The molecule has 7 nitrogen and oxygen atoms in total. The lowest BCUT2D eigenvalue weighted by atomic mass is 10.0. The molecule has 2 aromatic carbocycles. The van der Waals surface area contributed by atoms with E-state index in [-0.39, 0.29) is 26.0 Å². The molecule has 0 aliphatic heterocycles. The molecule has 0 bridgehead atoms. The predicted molar refractivity (Wildman–Crippen MR) is 146 cm³/mol. The Balaban J connectivity index is 1.94. The Bertz CT molecular complexity index is 1010. The van der Waals surface area contributed by atoms with E-state index in [9.17, 15) is 23.5 Å². The number of amides is 1. The molecule has 0 aliphatic carbocycles. The summed E-state index contributed by atoms with van der Waals surface area (Å²) in [5.74, 6) is -2.34. The van der Waals surface area contributed by atoms with Gasteiger partial charge in [0.15, 0.2) is 6.10 Å². The van der Waals surface area contributed by atoms with Crippen LogP contribution >= 0.6 is 0 Å². The summed E-state index contributed by atoms with van der Waals surface area (Å²) in [6.07, 6.45) is 0.128. The number of hydrogen-bond donors (Lipinski definition) is 1. The third kappa shape index (κ3) is 12.5. The van der Waals surface area contributed by atoms with Crippen LogP contribution in [0.3, 0.4) is 0 Å². The molecule has 0 spiro atoms. The second-order valence-corrected chi connectivity index (χ2v) is 9.94. The van der Waals surface area contributed by atoms with Crippen LogP contribution in [0.1, 0.15) is 70.4 Å². The van der Waals surface area contributed by atoms with Crippen LogP contribution in [0, 0.1) is 0 Å². The minimum absolute atomic E-state index is 0.184. The summed E-state index contributed by atoms with van der Waals surface area (Å²) in [4.78, 5) is 25.8. The van der Waals surface area contributed by atoms with Crippen molar-refractivity contribution in [2.24, 2.45) is 0 Å². The van der Waals surface area contributed by atoms with E-state index in [1.54, 1.807) is 43.3 Å². The van der Waals surface area contributed by atoms with Gasteiger partial charge in [-0.25, -0.2) is 18.4 Å². The molecule has 2 aromatic rings. The number of carboxylic acid groups (broad SMARTS) is 1. The number of rotatable bonds is 17. The lowest BCUT2D eigenvalue weighted by molar-refractivity contribution is -0.149. The van der Waals surface area contributed by atoms with E-state index in [2.05, 4.69) is 13.8 Å². The first kappa shape index (κ1) is 32.0. The Morgan fingerprint density at radius 3 is 2.15 bits per heavy atom. The highest BCUT2D eigenvalue weighted by atomic mass is 19.3. The van der Waals surface area contributed by atoms with E-state index in [1.807, 2.05) is 12.1 Å². The number of aliphatic carboxylic acids is 1. The average Bonchev–Trinajstić information content (AvgIpc) is 2.87. The topological polar surface area (TPSA) is 85.3 Å². The number of ether oxygens (including phenoxy) is 3. The van der Waals surface area contributed by atoms with E-state index in [0.717, 1.165) is 18.1 Å². The molecule has 9 heteroatoms. The summed E-state index contributed by atoms with van der Waals surface area (Å²) >= 11 is 0. The molecule has 1 N–H and O–H groups in total. The first-order chi connectivity index (χ1) is 18.5. The van der Waals surface area contributed by atoms with Crippen molar-refractivity contribution in [3.05, 3.63) is 59.7 Å². The normalized spacial score (nSPS) is 12.3. The Morgan fingerprint density at radius 1 is 0.949 bits per heavy atom. The first-order valence-electron chi connectivity index (χ1n) is 13.5. The van der Waals surface area contributed by atoms with Crippen LogP contribution in [0.4, 0.5) is 13.6 Å². The number of carboxylic acids is 1. The molecule has 0 aliphatic rings. The zero-order valence-electron chi connectivity index (χ0n) is 23.3.